The third-order valence-electron chi connectivity index (χ3n) is 2.72. The van der Waals surface area contributed by atoms with Crippen LogP contribution in [0.2, 0.25) is 0 Å². The first-order valence-electron chi connectivity index (χ1n) is 6.40. The van der Waals surface area contributed by atoms with Crippen molar-refractivity contribution in [3.05, 3.63) is 65.1 Å². The van der Waals surface area contributed by atoms with Crippen molar-refractivity contribution in [3.8, 4) is 5.75 Å². The van der Waals surface area contributed by atoms with Crippen LogP contribution in [-0.4, -0.2) is 24.3 Å². The quantitative estimate of drug-likeness (QED) is 0.766. The Kier molecular flexibility index (Phi) is 5.19. The van der Waals surface area contributed by atoms with E-state index in [1.807, 2.05) is 36.4 Å². The number of hydrogen-bond acceptors (Lipinski definition) is 3. The van der Waals surface area contributed by atoms with Gasteiger partial charge in [0.2, 0.25) is 0 Å². The topological polar surface area (TPSA) is 43.3 Å². The molecule has 0 radical (unpaired) electrons. The van der Waals surface area contributed by atoms with E-state index in [4.69, 9.17) is 4.74 Å². The van der Waals surface area contributed by atoms with Gasteiger partial charge in [-0.15, -0.1) is 0 Å². The van der Waals surface area contributed by atoms with Crippen molar-refractivity contribution in [1.29, 1.82) is 0 Å². The Morgan fingerprint density at radius 2 is 1.79 bits per heavy atom. The molecule has 4 nitrogen and oxygen atoms in total. The predicted molar refractivity (Wildman–Crippen MR) is 75.5 cm³/mol. The van der Waals surface area contributed by atoms with E-state index >= 15 is 0 Å². The molecule has 0 aliphatic rings. The number of pyridine rings is 1. The summed E-state index contributed by atoms with van der Waals surface area (Å²) in [5, 5.41) is 3.25. The SMILES string of the molecule is O=c1ccccn1CCNCCOc1ccccc1. The van der Waals surface area contributed by atoms with Gasteiger partial charge in [0.05, 0.1) is 0 Å². The summed E-state index contributed by atoms with van der Waals surface area (Å²) in [5.74, 6) is 0.878. The van der Waals surface area contributed by atoms with Gasteiger partial charge >= 0.3 is 0 Å². The molecule has 2 aromatic rings. The molecule has 2 rings (SSSR count). The molecule has 0 atom stereocenters. The Morgan fingerprint density at radius 1 is 1.00 bits per heavy atom. The lowest BCUT2D eigenvalue weighted by Gasteiger charge is -2.08. The second-order valence-corrected chi connectivity index (χ2v) is 4.14. The van der Waals surface area contributed by atoms with E-state index in [0.717, 1.165) is 18.8 Å². The van der Waals surface area contributed by atoms with Crippen molar-refractivity contribution >= 4 is 0 Å². The first kappa shape index (κ1) is 13.4. The van der Waals surface area contributed by atoms with E-state index in [-0.39, 0.29) is 5.56 Å². The van der Waals surface area contributed by atoms with E-state index < -0.39 is 0 Å². The number of hydrogen-bond donors (Lipinski definition) is 1. The molecule has 0 saturated heterocycles. The lowest BCUT2D eigenvalue weighted by atomic mass is 10.3. The maximum Gasteiger partial charge on any atom is 0.250 e. The second kappa shape index (κ2) is 7.38. The van der Waals surface area contributed by atoms with Gasteiger partial charge in [-0.2, -0.15) is 0 Å². The number of aromatic nitrogens is 1. The third-order valence-corrected chi connectivity index (χ3v) is 2.72. The summed E-state index contributed by atoms with van der Waals surface area (Å²) < 4.78 is 7.24. The molecule has 0 bridgehead atoms. The Labute approximate surface area is 112 Å². The van der Waals surface area contributed by atoms with Crippen LogP contribution in [0.15, 0.2) is 59.5 Å². The molecule has 0 aliphatic heterocycles. The van der Waals surface area contributed by atoms with Crippen LogP contribution >= 0.6 is 0 Å². The highest BCUT2D eigenvalue weighted by molar-refractivity contribution is 5.20. The number of rotatable bonds is 7. The summed E-state index contributed by atoms with van der Waals surface area (Å²) in [4.78, 5) is 11.4. The van der Waals surface area contributed by atoms with Gasteiger partial charge in [-0.25, -0.2) is 0 Å². The molecule has 4 heteroatoms. The van der Waals surface area contributed by atoms with E-state index in [1.54, 1.807) is 22.9 Å². The van der Waals surface area contributed by atoms with E-state index in [9.17, 15) is 4.79 Å². The minimum atomic E-state index is 0.0323. The largest absolute Gasteiger partial charge is 0.492 e. The van der Waals surface area contributed by atoms with Crippen LogP contribution in [0.3, 0.4) is 0 Å². The van der Waals surface area contributed by atoms with Gasteiger partial charge in [0, 0.05) is 31.9 Å². The fourth-order valence-corrected chi connectivity index (χ4v) is 1.73. The molecule has 100 valence electrons. The first-order chi connectivity index (χ1) is 9.36. The van der Waals surface area contributed by atoms with E-state index in [1.165, 1.54) is 0 Å². The van der Waals surface area contributed by atoms with Gasteiger partial charge in [0.15, 0.2) is 0 Å². The Morgan fingerprint density at radius 3 is 2.58 bits per heavy atom. The van der Waals surface area contributed by atoms with Gasteiger partial charge in [0.25, 0.3) is 5.56 Å². The molecule has 1 aromatic carbocycles. The van der Waals surface area contributed by atoms with Crippen LogP contribution in [0, 0.1) is 0 Å². The highest BCUT2D eigenvalue weighted by Crippen LogP contribution is 2.07. The third kappa shape index (κ3) is 4.60. The van der Waals surface area contributed by atoms with Crippen LogP contribution in [0.1, 0.15) is 0 Å². The summed E-state index contributed by atoms with van der Waals surface area (Å²) in [6.07, 6.45) is 1.80. The standard InChI is InChI=1S/C15H18N2O2/c18-15-8-4-5-11-17(15)12-9-16-10-13-19-14-6-2-1-3-7-14/h1-8,11,16H,9-10,12-13H2. The number of benzene rings is 1. The smallest absolute Gasteiger partial charge is 0.250 e. The molecule has 0 amide bonds. The number of ether oxygens (including phenoxy) is 1. The summed E-state index contributed by atoms with van der Waals surface area (Å²) >= 11 is 0. The van der Waals surface area contributed by atoms with Crippen molar-refractivity contribution in [2.24, 2.45) is 0 Å². The van der Waals surface area contributed by atoms with Gasteiger partial charge < -0.3 is 14.6 Å². The maximum absolute atomic E-state index is 11.4. The summed E-state index contributed by atoms with van der Waals surface area (Å²) in [6, 6.07) is 14.9. The first-order valence-corrected chi connectivity index (χ1v) is 6.40. The fraction of sp³-hybridized carbons (Fsp3) is 0.267. The lowest BCUT2D eigenvalue weighted by molar-refractivity contribution is 0.313. The van der Waals surface area contributed by atoms with Crippen molar-refractivity contribution in [2.75, 3.05) is 19.7 Å². The van der Waals surface area contributed by atoms with Crippen molar-refractivity contribution < 1.29 is 4.74 Å². The Balaban J connectivity index is 1.60. The van der Waals surface area contributed by atoms with E-state index in [2.05, 4.69) is 5.32 Å². The fourth-order valence-electron chi connectivity index (χ4n) is 1.73. The summed E-state index contributed by atoms with van der Waals surface area (Å²) in [5.41, 5.74) is 0.0323. The molecule has 19 heavy (non-hydrogen) atoms. The van der Waals surface area contributed by atoms with Gasteiger partial charge in [-0.05, 0) is 18.2 Å². The number of nitrogens with zero attached hydrogens (tertiary/aromatic N) is 1. The van der Waals surface area contributed by atoms with Crippen LogP contribution in [-0.2, 0) is 6.54 Å². The minimum Gasteiger partial charge on any atom is -0.492 e. The molecule has 1 aromatic heterocycles. The van der Waals surface area contributed by atoms with Crippen LogP contribution in [0.4, 0.5) is 0 Å². The minimum absolute atomic E-state index is 0.0323. The van der Waals surface area contributed by atoms with Gasteiger partial charge in [-0.3, -0.25) is 4.79 Å². The second-order valence-electron chi connectivity index (χ2n) is 4.14. The van der Waals surface area contributed by atoms with Crippen molar-refractivity contribution in [1.82, 2.24) is 9.88 Å². The monoisotopic (exact) mass is 258 g/mol. The molecule has 0 spiro atoms. The molecular weight excluding hydrogens is 240 g/mol. The zero-order valence-corrected chi connectivity index (χ0v) is 10.8. The van der Waals surface area contributed by atoms with Crippen LogP contribution in [0.25, 0.3) is 0 Å². The molecule has 0 aliphatic carbocycles. The summed E-state index contributed by atoms with van der Waals surface area (Å²) in [6.45, 7) is 2.80. The predicted octanol–water partition coefficient (Wildman–Crippen LogP) is 1.52. The number of nitrogens with one attached hydrogen (secondary N) is 1. The Hall–Kier alpha value is -2.07. The molecule has 0 saturated carbocycles. The molecule has 1 heterocycles. The lowest BCUT2D eigenvalue weighted by Crippen LogP contribution is -2.28. The highest BCUT2D eigenvalue weighted by atomic mass is 16.5. The molecule has 0 fully saturated rings. The molecular formula is C15H18N2O2. The van der Waals surface area contributed by atoms with Crippen LogP contribution in [0.5, 0.6) is 5.75 Å². The summed E-state index contributed by atoms with van der Waals surface area (Å²) in [7, 11) is 0. The van der Waals surface area contributed by atoms with Gasteiger partial charge in [-0.1, -0.05) is 24.3 Å². The van der Waals surface area contributed by atoms with Gasteiger partial charge in [0.1, 0.15) is 12.4 Å². The molecule has 0 unspecified atom stereocenters. The highest BCUT2D eigenvalue weighted by Gasteiger charge is 1.94. The average Bonchev–Trinajstić information content (AvgIpc) is 2.45. The van der Waals surface area contributed by atoms with Crippen LogP contribution < -0.4 is 15.6 Å². The zero-order chi connectivity index (χ0) is 13.3. The van der Waals surface area contributed by atoms with Crippen molar-refractivity contribution in [2.45, 2.75) is 6.54 Å². The number of para-hydroxylation sites is 1. The van der Waals surface area contributed by atoms with Crippen molar-refractivity contribution in [3.63, 3.8) is 0 Å². The zero-order valence-electron chi connectivity index (χ0n) is 10.8. The van der Waals surface area contributed by atoms with E-state index in [0.29, 0.717) is 13.2 Å². The molecule has 1 N–H and O–H groups in total. The Bertz CT molecular complexity index is 537. The normalized spacial score (nSPS) is 10.3. The average molecular weight is 258 g/mol. The maximum atomic E-state index is 11.4.